The number of benzene rings is 1. The predicted octanol–water partition coefficient (Wildman–Crippen LogP) is 2.53. The van der Waals surface area contributed by atoms with Crippen molar-refractivity contribution in [3.8, 4) is 0 Å². The molecular formula is C21H26N4OS. The van der Waals surface area contributed by atoms with Gasteiger partial charge in [0.2, 0.25) is 5.91 Å². The van der Waals surface area contributed by atoms with Gasteiger partial charge >= 0.3 is 0 Å². The Hall–Kier alpha value is -2.34. The summed E-state index contributed by atoms with van der Waals surface area (Å²) in [5.41, 5.74) is 2.88. The summed E-state index contributed by atoms with van der Waals surface area (Å²) in [4.78, 5) is 20.2. The van der Waals surface area contributed by atoms with Crippen LogP contribution in [0.1, 0.15) is 28.8 Å². The van der Waals surface area contributed by atoms with Crippen LogP contribution in [0.15, 0.2) is 46.8 Å². The topological polar surface area (TPSA) is 56.7 Å². The van der Waals surface area contributed by atoms with Crippen molar-refractivity contribution in [1.29, 1.82) is 0 Å². The Morgan fingerprint density at radius 2 is 2.04 bits per heavy atom. The number of amides is 1. The third-order valence-corrected chi connectivity index (χ3v) is 6.65. The van der Waals surface area contributed by atoms with Crippen LogP contribution >= 0.6 is 11.3 Å². The molecule has 1 aromatic carbocycles. The lowest BCUT2D eigenvalue weighted by atomic mass is 9.96. The number of aliphatic imine (C=N–C) groups is 1. The molecule has 2 aliphatic rings. The summed E-state index contributed by atoms with van der Waals surface area (Å²) in [7, 11) is 1.75. The summed E-state index contributed by atoms with van der Waals surface area (Å²) in [6, 6.07) is 12.8. The van der Waals surface area contributed by atoms with Gasteiger partial charge in [-0.25, -0.2) is 0 Å². The lowest BCUT2D eigenvalue weighted by Gasteiger charge is -2.27. The van der Waals surface area contributed by atoms with Crippen LogP contribution in [-0.4, -0.2) is 43.4 Å². The molecule has 5 nitrogen and oxygen atoms in total. The fraction of sp³-hybridized carbons (Fsp3) is 0.429. The molecule has 1 saturated carbocycles. The van der Waals surface area contributed by atoms with Crippen molar-refractivity contribution in [3.63, 3.8) is 0 Å². The second-order valence-corrected chi connectivity index (χ2v) is 8.36. The third-order valence-electron chi connectivity index (χ3n) is 5.62. The van der Waals surface area contributed by atoms with E-state index in [2.05, 4.69) is 57.4 Å². The molecule has 1 aromatic heterocycles. The molecule has 0 bridgehead atoms. The minimum absolute atomic E-state index is 0.124. The van der Waals surface area contributed by atoms with Crippen molar-refractivity contribution in [2.75, 3.05) is 26.7 Å². The number of carbonyl (C=O) groups excluding carboxylic acids is 1. The van der Waals surface area contributed by atoms with E-state index in [-0.39, 0.29) is 17.9 Å². The standard InChI is InChI=1S/C21H26N4OS/c1-22-20(24-15-21(9-10-21)17-5-3-2-4-6-17)23-13-19(26)25-11-7-18-16(14-25)8-12-27-18/h2-6,8,12H,7,9-11,13-15H2,1H3,(H2,22,23,24). The van der Waals surface area contributed by atoms with Crippen molar-refractivity contribution >= 4 is 23.2 Å². The zero-order chi connectivity index (χ0) is 18.7. The molecule has 1 aliphatic heterocycles. The van der Waals surface area contributed by atoms with Crippen LogP contribution in [0.25, 0.3) is 0 Å². The number of hydrogen-bond acceptors (Lipinski definition) is 3. The Bertz CT molecular complexity index is 826. The molecule has 27 heavy (non-hydrogen) atoms. The van der Waals surface area contributed by atoms with E-state index < -0.39 is 0 Å². The van der Waals surface area contributed by atoms with Crippen LogP contribution in [0.2, 0.25) is 0 Å². The summed E-state index contributed by atoms with van der Waals surface area (Å²) in [5.74, 6) is 0.817. The zero-order valence-corrected chi connectivity index (χ0v) is 16.5. The van der Waals surface area contributed by atoms with Crippen LogP contribution in [0.5, 0.6) is 0 Å². The van der Waals surface area contributed by atoms with Gasteiger partial charge in [-0.2, -0.15) is 0 Å². The number of fused-ring (bicyclic) bond motifs is 1. The SMILES string of the molecule is CN=C(NCC(=O)N1CCc2sccc2C1)NCC1(c2ccccc2)CC1. The number of thiophene rings is 1. The Balaban J connectivity index is 1.27. The molecule has 1 fully saturated rings. The van der Waals surface area contributed by atoms with E-state index in [1.54, 1.807) is 18.4 Å². The molecule has 0 radical (unpaired) electrons. The highest BCUT2D eigenvalue weighted by molar-refractivity contribution is 7.10. The summed E-state index contributed by atoms with van der Waals surface area (Å²) >= 11 is 1.79. The molecule has 2 N–H and O–H groups in total. The second-order valence-electron chi connectivity index (χ2n) is 7.36. The van der Waals surface area contributed by atoms with E-state index in [1.165, 1.54) is 28.8 Å². The fourth-order valence-electron chi connectivity index (χ4n) is 3.72. The first kappa shape index (κ1) is 18.0. The van der Waals surface area contributed by atoms with E-state index in [4.69, 9.17) is 0 Å². The number of guanidine groups is 1. The van der Waals surface area contributed by atoms with Crippen LogP contribution in [-0.2, 0) is 23.2 Å². The van der Waals surface area contributed by atoms with E-state index in [9.17, 15) is 4.79 Å². The maximum Gasteiger partial charge on any atom is 0.242 e. The predicted molar refractivity (Wildman–Crippen MR) is 110 cm³/mol. The van der Waals surface area contributed by atoms with Crippen molar-refractivity contribution in [2.24, 2.45) is 4.99 Å². The highest BCUT2D eigenvalue weighted by Crippen LogP contribution is 2.47. The summed E-state index contributed by atoms with van der Waals surface area (Å²) in [5, 5.41) is 8.71. The number of carbonyl (C=O) groups is 1. The Kier molecular flexibility index (Phi) is 5.16. The summed E-state index contributed by atoms with van der Waals surface area (Å²) < 4.78 is 0. The minimum atomic E-state index is 0.124. The molecule has 142 valence electrons. The van der Waals surface area contributed by atoms with E-state index in [0.29, 0.717) is 5.96 Å². The quantitative estimate of drug-likeness (QED) is 0.617. The monoisotopic (exact) mass is 382 g/mol. The molecule has 0 unspecified atom stereocenters. The molecule has 2 heterocycles. The Morgan fingerprint density at radius 3 is 2.78 bits per heavy atom. The molecule has 6 heteroatoms. The zero-order valence-electron chi connectivity index (χ0n) is 15.7. The van der Waals surface area contributed by atoms with Crippen LogP contribution in [0.3, 0.4) is 0 Å². The molecular weight excluding hydrogens is 356 g/mol. The average molecular weight is 383 g/mol. The number of nitrogens with zero attached hydrogens (tertiary/aromatic N) is 2. The Labute approximate surface area is 164 Å². The van der Waals surface area contributed by atoms with Gasteiger partial charge in [-0.05, 0) is 41.8 Å². The van der Waals surface area contributed by atoms with Gasteiger partial charge in [0.1, 0.15) is 0 Å². The van der Waals surface area contributed by atoms with Gasteiger partial charge in [0.25, 0.3) is 0 Å². The highest BCUT2D eigenvalue weighted by atomic mass is 32.1. The molecule has 1 amide bonds. The van der Waals surface area contributed by atoms with Gasteiger partial charge in [0.15, 0.2) is 5.96 Å². The molecule has 0 atom stereocenters. The van der Waals surface area contributed by atoms with Gasteiger partial charge in [-0.15, -0.1) is 11.3 Å². The first-order valence-corrected chi connectivity index (χ1v) is 10.4. The van der Waals surface area contributed by atoms with Crippen molar-refractivity contribution in [3.05, 3.63) is 57.8 Å². The number of hydrogen-bond donors (Lipinski definition) is 2. The van der Waals surface area contributed by atoms with Crippen molar-refractivity contribution in [1.82, 2.24) is 15.5 Å². The molecule has 2 aromatic rings. The second kappa shape index (κ2) is 7.72. The van der Waals surface area contributed by atoms with Crippen molar-refractivity contribution in [2.45, 2.75) is 31.2 Å². The lowest BCUT2D eigenvalue weighted by molar-refractivity contribution is -0.130. The molecule has 1 aliphatic carbocycles. The molecule has 4 rings (SSSR count). The highest BCUT2D eigenvalue weighted by Gasteiger charge is 2.44. The van der Waals surface area contributed by atoms with E-state index >= 15 is 0 Å². The van der Waals surface area contributed by atoms with Gasteiger partial charge in [-0.3, -0.25) is 9.79 Å². The van der Waals surface area contributed by atoms with E-state index in [1.807, 2.05) is 4.90 Å². The van der Waals surface area contributed by atoms with Gasteiger partial charge < -0.3 is 15.5 Å². The number of nitrogens with one attached hydrogen (secondary N) is 2. The van der Waals surface area contributed by atoms with Crippen LogP contribution < -0.4 is 10.6 Å². The maximum atomic E-state index is 12.6. The maximum absolute atomic E-state index is 12.6. The normalized spacial score (nSPS) is 18.0. The lowest BCUT2D eigenvalue weighted by Crippen LogP contribution is -2.47. The Morgan fingerprint density at radius 1 is 1.22 bits per heavy atom. The molecule has 0 saturated heterocycles. The first-order valence-electron chi connectivity index (χ1n) is 9.53. The minimum Gasteiger partial charge on any atom is -0.356 e. The largest absolute Gasteiger partial charge is 0.356 e. The van der Waals surface area contributed by atoms with E-state index in [0.717, 1.165) is 26.1 Å². The van der Waals surface area contributed by atoms with Crippen LogP contribution in [0, 0.1) is 0 Å². The smallest absolute Gasteiger partial charge is 0.242 e. The number of rotatable bonds is 5. The van der Waals surface area contributed by atoms with Crippen LogP contribution in [0.4, 0.5) is 0 Å². The summed E-state index contributed by atoms with van der Waals surface area (Å²) in [6.07, 6.45) is 3.35. The average Bonchev–Trinajstić information content (AvgIpc) is 3.36. The van der Waals surface area contributed by atoms with Gasteiger partial charge in [0, 0.05) is 37.0 Å². The molecule has 0 spiro atoms. The first-order chi connectivity index (χ1) is 13.2. The van der Waals surface area contributed by atoms with Crippen molar-refractivity contribution < 1.29 is 4.79 Å². The summed E-state index contributed by atoms with van der Waals surface area (Å²) in [6.45, 7) is 2.64. The van der Waals surface area contributed by atoms with Gasteiger partial charge in [0.05, 0.1) is 6.54 Å². The third kappa shape index (κ3) is 4.00. The van der Waals surface area contributed by atoms with Gasteiger partial charge in [-0.1, -0.05) is 30.3 Å². The fourth-order valence-corrected chi connectivity index (χ4v) is 4.61.